The molecule has 1 aliphatic rings. The summed E-state index contributed by atoms with van der Waals surface area (Å²) in [6.45, 7) is 0.0191. The lowest BCUT2D eigenvalue weighted by atomic mass is 9.94. The first-order valence-corrected chi connectivity index (χ1v) is 9.31. The van der Waals surface area contributed by atoms with Gasteiger partial charge in [-0.2, -0.15) is 0 Å². The minimum atomic E-state index is -0.981. The number of ether oxygens (including phenoxy) is 1. The van der Waals surface area contributed by atoms with Gasteiger partial charge in [-0.25, -0.2) is 4.39 Å². The fourth-order valence-electron chi connectivity index (χ4n) is 3.43. The van der Waals surface area contributed by atoms with E-state index in [0.717, 1.165) is 5.56 Å². The Hall–Kier alpha value is -2.89. The van der Waals surface area contributed by atoms with Gasteiger partial charge in [0, 0.05) is 6.54 Å². The first kappa shape index (κ1) is 19.9. The van der Waals surface area contributed by atoms with E-state index >= 15 is 0 Å². The molecule has 148 valence electrons. The number of rotatable bonds is 9. The van der Waals surface area contributed by atoms with E-state index in [0.29, 0.717) is 30.6 Å². The lowest BCUT2D eigenvalue weighted by molar-refractivity contribution is -0.141. The topological polar surface area (TPSA) is 75.6 Å². The van der Waals surface area contributed by atoms with E-state index < -0.39 is 17.3 Å². The monoisotopic (exact) mass is 385 g/mol. The lowest BCUT2D eigenvalue weighted by Crippen LogP contribution is -2.39. The van der Waals surface area contributed by atoms with E-state index in [9.17, 15) is 19.1 Å². The fourth-order valence-corrected chi connectivity index (χ4v) is 3.43. The summed E-state index contributed by atoms with van der Waals surface area (Å²) in [6, 6.07) is 13.7. The molecule has 2 N–H and O–H groups in total. The highest BCUT2D eigenvalue weighted by Crippen LogP contribution is 2.48. The summed E-state index contributed by atoms with van der Waals surface area (Å²) in [7, 11) is 1.54. The number of hydrogen-bond acceptors (Lipinski definition) is 3. The summed E-state index contributed by atoms with van der Waals surface area (Å²) < 4.78 is 19.2. The number of methoxy groups -OCH3 is 1. The molecule has 0 aliphatic heterocycles. The molecule has 6 heteroatoms. The van der Waals surface area contributed by atoms with Crippen LogP contribution in [0.2, 0.25) is 0 Å². The molecule has 0 bridgehead atoms. The third-order valence-corrected chi connectivity index (χ3v) is 5.34. The van der Waals surface area contributed by atoms with Gasteiger partial charge < -0.3 is 15.2 Å². The van der Waals surface area contributed by atoms with E-state index in [2.05, 4.69) is 5.32 Å². The van der Waals surface area contributed by atoms with Gasteiger partial charge in [0.25, 0.3) is 0 Å². The van der Waals surface area contributed by atoms with E-state index in [4.69, 9.17) is 4.74 Å². The van der Waals surface area contributed by atoms with Crippen molar-refractivity contribution in [3.8, 4) is 5.75 Å². The van der Waals surface area contributed by atoms with Crippen LogP contribution in [0.3, 0.4) is 0 Å². The fraction of sp³-hybridized carbons (Fsp3) is 0.364. The third-order valence-electron chi connectivity index (χ3n) is 5.34. The summed E-state index contributed by atoms with van der Waals surface area (Å²) in [4.78, 5) is 24.4. The maximum atomic E-state index is 13.9. The number of hydrogen-bond donors (Lipinski definition) is 2. The SMILES string of the molecule is COc1ccccc1CC(CNC(=O)C1(Cc2ccccc2F)CC1)C(=O)O. The van der Waals surface area contributed by atoms with Gasteiger partial charge >= 0.3 is 5.97 Å². The van der Waals surface area contributed by atoms with Crippen LogP contribution in [0.15, 0.2) is 48.5 Å². The molecule has 0 radical (unpaired) electrons. The number of carboxylic acids is 1. The molecule has 0 spiro atoms. The van der Waals surface area contributed by atoms with Gasteiger partial charge in [0.15, 0.2) is 0 Å². The number of aliphatic carboxylic acids is 1. The number of carbonyl (C=O) groups is 2. The Bertz CT molecular complexity index is 863. The van der Waals surface area contributed by atoms with Crippen LogP contribution in [0.4, 0.5) is 4.39 Å². The van der Waals surface area contributed by atoms with Crippen LogP contribution in [0.1, 0.15) is 24.0 Å². The summed E-state index contributed by atoms with van der Waals surface area (Å²) in [5.74, 6) is -1.66. The van der Waals surface area contributed by atoms with Gasteiger partial charge in [0.05, 0.1) is 18.4 Å². The van der Waals surface area contributed by atoms with Crippen LogP contribution in [0.25, 0.3) is 0 Å². The summed E-state index contributed by atoms with van der Waals surface area (Å²) in [5.41, 5.74) is 0.661. The minimum absolute atomic E-state index is 0.0191. The van der Waals surface area contributed by atoms with Gasteiger partial charge in [-0.1, -0.05) is 36.4 Å². The predicted octanol–water partition coefficient (Wildman–Crippen LogP) is 3.22. The Morgan fingerprint density at radius 1 is 1.14 bits per heavy atom. The smallest absolute Gasteiger partial charge is 0.308 e. The summed E-state index contributed by atoms with van der Waals surface area (Å²) in [6.07, 6.45) is 1.94. The highest BCUT2D eigenvalue weighted by molar-refractivity contribution is 5.86. The van der Waals surface area contributed by atoms with Gasteiger partial charge in [0.1, 0.15) is 11.6 Å². The number of halogens is 1. The average molecular weight is 385 g/mol. The Balaban J connectivity index is 1.63. The quantitative estimate of drug-likeness (QED) is 0.695. The highest BCUT2D eigenvalue weighted by atomic mass is 19.1. The van der Waals surface area contributed by atoms with Crippen molar-refractivity contribution in [3.05, 3.63) is 65.5 Å². The van der Waals surface area contributed by atoms with Crippen LogP contribution in [0, 0.1) is 17.2 Å². The van der Waals surface area contributed by atoms with Crippen LogP contribution in [-0.4, -0.2) is 30.6 Å². The van der Waals surface area contributed by atoms with Crippen LogP contribution in [-0.2, 0) is 22.4 Å². The molecule has 2 aromatic rings. The molecule has 5 nitrogen and oxygen atoms in total. The molecule has 1 fully saturated rings. The van der Waals surface area contributed by atoms with Crippen LogP contribution >= 0.6 is 0 Å². The summed E-state index contributed by atoms with van der Waals surface area (Å²) >= 11 is 0. The molecule has 3 rings (SSSR count). The van der Waals surface area contributed by atoms with Crippen molar-refractivity contribution in [2.45, 2.75) is 25.7 Å². The molecular weight excluding hydrogens is 361 g/mol. The molecule has 0 heterocycles. The zero-order valence-corrected chi connectivity index (χ0v) is 15.8. The zero-order chi connectivity index (χ0) is 20.1. The Morgan fingerprint density at radius 3 is 2.39 bits per heavy atom. The van der Waals surface area contributed by atoms with Crippen LogP contribution in [0.5, 0.6) is 5.75 Å². The number of carboxylic acid groups (broad SMARTS) is 1. The second kappa shape index (κ2) is 8.42. The molecule has 2 aromatic carbocycles. The molecule has 28 heavy (non-hydrogen) atoms. The van der Waals surface area contributed by atoms with Crippen molar-refractivity contribution in [3.63, 3.8) is 0 Å². The molecular formula is C22H24FNO4. The first-order valence-electron chi connectivity index (χ1n) is 9.31. The maximum Gasteiger partial charge on any atom is 0.308 e. The lowest BCUT2D eigenvalue weighted by Gasteiger charge is -2.19. The predicted molar refractivity (Wildman–Crippen MR) is 103 cm³/mol. The number of benzene rings is 2. The second-order valence-electron chi connectivity index (χ2n) is 7.31. The number of para-hydroxylation sites is 1. The Kier molecular flexibility index (Phi) is 5.97. The standard InChI is InChI=1S/C22H24FNO4/c1-28-19-9-5-3-6-15(19)12-17(20(25)26)14-24-21(27)22(10-11-22)13-16-7-2-4-8-18(16)23/h2-9,17H,10-14H2,1H3,(H,24,27)(H,25,26). The van der Waals surface area contributed by atoms with E-state index in [1.54, 1.807) is 24.3 Å². The van der Waals surface area contributed by atoms with E-state index in [1.807, 2.05) is 18.2 Å². The number of nitrogens with one attached hydrogen (secondary N) is 1. The molecule has 1 atom stereocenters. The third kappa shape index (κ3) is 4.50. The largest absolute Gasteiger partial charge is 0.496 e. The van der Waals surface area contributed by atoms with E-state index in [-0.39, 0.29) is 24.7 Å². The molecule has 1 saturated carbocycles. The molecule has 1 amide bonds. The molecule has 1 aliphatic carbocycles. The van der Waals surface area contributed by atoms with Crippen molar-refractivity contribution >= 4 is 11.9 Å². The molecule has 0 saturated heterocycles. The molecule has 1 unspecified atom stereocenters. The number of amides is 1. The second-order valence-corrected chi connectivity index (χ2v) is 7.31. The Labute approximate surface area is 163 Å². The van der Waals surface area contributed by atoms with E-state index in [1.165, 1.54) is 13.2 Å². The van der Waals surface area contributed by atoms with Gasteiger partial charge in [-0.05, 0) is 48.9 Å². The first-order chi connectivity index (χ1) is 13.4. The van der Waals surface area contributed by atoms with Crippen molar-refractivity contribution < 1.29 is 23.8 Å². The van der Waals surface area contributed by atoms with Gasteiger partial charge in [0.2, 0.25) is 5.91 Å². The van der Waals surface area contributed by atoms with Crippen molar-refractivity contribution in [2.75, 3.05) is 13.7 Å². The van der Waals surface area contributed by atoms with Crippen molar-refractivity contribution in [1.82, 2.24) is 5.32 Å². The number of carbonyl (C=O) groups excluding carboxylic acids is 1. The normalized spacial score (nSPS) is 15.5. The Morgan fingerprint density at radius 2 is 1.79 bits per heavy atom. The van der Waals surface area contributed by atoms with Gasteiger partial charge in [-0.15, -0.1) is 0 Å². The average Bonchev–Trinajstić information content (AvgIpc) is 3.47. The van der Waals surface area contributed by atoms with Crippen molar-refractivity contribution in [2.24, 2.45) is 11.3 Å². The van der Waals surface area contributed by atoms with Crippen LogP contribution < -0.4 is 10.1 Å². The zero-order valence-electron chi connectivity index (χ0n) is 15.8. The van der Waals surface area contributed by atoms with Gasteiger partial charge in [-0.3, -0.25) is 9.59 Å². The minimum Gasteiger partial charge on any atom is -0.496 e. The highest BCUT2D eigenvalue weighted by Gasteiger charge is 2.50. The van der Waals surface area contributed by atoms with Crippen molar-refractivity contribution in [1.29, 1.82) is 0 Å². The maximum absolute atomic E-state index is 13.9. The molecule has 0 aromatic heterocycles. The summed E-state index contributed by atoms with van der Waals surface area (Å²) in [5, 5.41) is 12.3.